The molecule has 8 nitrogen and oxygen atoms in total. The number of allylic oxidation sites excluding steroid dienone is 6. The van der Waals surface area contributed by atoms with Crippen LogP contribution >= 0.6 is 7.82 Å². The number of phosphoric acid groups is 1. The summed E-state index contributed by atoms with van der Waals surface area (Å²) in [7, 11) is -4.29. The maximum absolute atomic E-state index is 12.6. The van der Waals surface area contributed by atoms with Gasteiger partial charge in [-0.1, -0.05) is 230 Å². The number of unbranched alkanes of at least 4 members (excludes halogenated alkanes) is 30. The number of phosphoric ester groups is 1. The van der Waals surface area contributed by atoms with Crippen LogP contribution in [-0.4, -0.2) is 42.8 Å². The highest BCUT2D eigenvalue weighted by Crippen LogP contribution is 2.43. The largest absolute Gasteiger partial charge is 0.472 e. The van der Waals surface area contributed by atoms with Crippen LogP contribution in [0.4, 0.5) is 0 Å². The van der Waals surface area contributed by atoms with E-state index in [1.54, 1.807) is 6.92 Å². The van der Waals surface area contributed by atoms with E-state index in [0.717, 1.165) is 64.2 Å². The van der Waals surface area contributed by atoms with Crippen molar-refractivity contribution in [1.29, 1.82) is 0 Å². The van der Waals surface area contributed by atoms with Crippen LogP contribution in [0.5, 0.6) is 0 Å². The monoisotopic (exact) mass is 881 g/mol. The van der Waals surface area contributed by atoms with Crippen molar-refractivity contribution in [2.24, 2.45) is 0 Å². The molecule has 0 rings (SSSR count). The van der Waals surface area contributed by atoms with Crippen molar-refractivity contribution in [2.75, 3.05) is 19.8 Å². The number of rotatable bonds is 48. The standard InChI is InChI=1S/C52H97O8P/c1-4-7-9-11-13-15-17-19-21-23-24-25-26-27-28-29-31-32-34-36-38-40-42-44-46-51(53)57-48-50(49-59-61(55,56)58-6-3)60-52(54)47-45-43-41-39-37-35-33-30-22-20-18-16-14-12-10-8-5-2/h8,10,14,16,20,22,50H,4-7,9,11-13,15,17-19,21,23-49H2,1-3H3,(H,55,56)/b10-8-,16-14-,22-20-. The van der Waals surface area contributed by atoms with Gasteiger partial charge in [0.15, 0.2) is 6.10 Å². The Morgan fingerprint density at radius 1 is 0.459 bits per heavy atom. The van der Waals surface area contributed by atoms with Gasteiger partial charge in [0.25, 0.3) is 0 Å². The third-order valence-electron chi connectivity index (χ3n) is 11.2. The van der Waals surface area contributed by atoms with Crippen molar-refractivity contribution >= 4 is 19.8 Å². The van der Waals surface area contributed by atoms with E-state index in [4.69, 9.17) is 18.5 Å². The predicted octanol–water partition coefficient (Wildman–Crippen LogP) is 16.7. The van der Waals surface area contributed by atoms with Gasteiger partial charge in [0.2, 0.25) is 0 Å². The molecule has 0 aromatic heterocycles. The maximum Gasteiger partial charge on any atom is 0.472 e. The summed E-state index contributed by atoms with van der Waals surface area (Å²) < 4.78 is 32.8. The fourth-order valence-corrected chi connectivity index (χ4v) is 8.23. The zero-order valence-corrected chi connectivity index (χ0v) is 41.0. The molecule has 0 heterocycles. The summed E-state index contributed by atoms with van der Waals surface area (Å²) in [4.78, 5) is 34.9. The molecule has 358 valence electrons. The first kappa shape index (κ1) is 59.3. The lowest BCUT2D eigenvalue weighted by molar-refractivity contribution is -0.161. The molecule has 0 bridgehead atoms. The van der Waals surface area contributed by atoms with Gasteiger partial charge in [0, 0.05) is 12.8 Å². The van der Waals surface area contributed by atoms with Gasteiger partial charge < -0.3 is 14.4 Å². The maximum atomic E-state index is 12.6. The molecule has 0 aliphatic heterocycles. The Hall–Kier alpha value is -1.73. The van der Waals surface area contributed by atoms with E-state index in [9.17, 15) is 19.0 Å². The van der Waals surface area contributed by atoms with Crippen molar-refractivity contribution in [3.05, 3.63) is 36.5 Å². The molecule has 0 saturated carbocycles. The van der Waals surface area contributed by atoms with E-state index >= 15 is 0 Å². The first-order valence-electron chi connectivity index (χ1n) is 25.8. The topological polar surface area (TPSA) is 108 Å². The third kappa shape index (κ3) is 47.6. The molecule has 61 heavy (non-hydrogen) atoms. The summed E-state index contributed by atoms with van der Waals surface area (Å²) in [6.07, 6.45) is 56.5. The highest BCUT2D eigenvalue weighted by Gasteiger charge is 2.25. The summed E-state index contributed by atoms with van der Waals surface area (Å²) in [5, 5.41) is 0. The van der Waals surface area contributed by atoms with Gasteiger partial charge in [0.05, 0.1) is 13.2 Å². The third-order valence-corrected chi connectivity index (χ3v) is 12.3. The molecule has 0 aromatic carbocycles. The fraction of sp³-hybridized carbons (Fsp3) is 0.846. The molecule has 0 radical (unpaired) electrons. The molecule has 1 N–H and O–H groups in total. The Labute approximate surface area is 376 Å². The predicted molar refractivity (Wildman–Crippen MR) is 258 cm³/mol. The molecule has 0 spiro atoms. The number of esters is 2. The van der Waals surface area contributed by atoms with Crippen LogP contribution < -0.4 is 0 Å². The molecule has 0 aliphatic rings. The van der Waals surface area contributed by atoms with Gasteiger partial charge in [-0.15, -0.1) is 0 Å². The number of ether oxygens (including phenoxy) is 2. The lowest BCUT2D eigenvalue weighted by Crippen LogP contribution is -2.29. The van der Waals surface area contributed by atoms with Crippen LogP contribution in [0.2, 0.25) is 0 Å². The normalized spacial score (nSPS) is 13.4. The summed E-state index contributed by atoms with van der Waals surface area (Å²) in [6, 6.07) is 0. The Morgan fingerprint density at radius 3 is 1.26 bits per heavy atom. The zero-order valence-electron chi connectivity index (χ0n) is 40.1. The molecule has 0 fully saturated rings. The lowest BCUT2D eigenvalue weighted by Gasteiger charge is -2.19. The van der Waals surface area contributed by atoms with Gasteiger partial charge in [-0.25, -0.2) is 4.57 Å². The van der Waals surface area contributed by atoms with Gasteiger partial charge in [-0.3, -0.25) is 18.6 Å². The summed E-state index contributed by atoms with van der Waals surface area (Å²) in [6.45, 7) is 5.40. The second-order valence-electron chi connectivity index (χ2n) is 17.2. The average Bonchev–Trinajstić information content (AvgIpc) is 3.24. The molecule has 9 heteroatoms. The van der Waals surface area contributed by atoms with Crippen molar-refractivity contribution < 1.29 is 37.6 Å². The van der Waals surface area contributed by atoms with Crippen LogP contribution in [0.15, 0.2) is 36.5 Å². The molecule has 2 atom stereocenters. The average molecular weight is 881 g/mol. The smallest absolute Gasteiger partial charge is 0.462 e. The van der Waals surface area contributed by atoms with Crippen molar-refractivity contribution in [1.82, 2.24) is 0 Å². The van der Waals surface area contributed by atoms with Gasteiger partial charge in [-0.05, 0) is 51.9 Å². The Bertz CT molecular complexity index is 1090. The number of hydrogen-bond donors (Lipinski definition) is 1. The molecule has 0 saturated heterocycles. The van der Waals surface area contributed by atoms with Crippen molar-refractivity contribution in [3.8, 4) is 0 Å². The Balaban J connectivity index is 3.92. The van der Waals surface area contributed by atoms with E-state index in [1.165, 1.54) is 154 Å². The molecule has 0 amide bonds. The van der Waals surface area contributed by atoms with E-state index in [1.807, 2.05) is 0 Å². The SMILES string of the molecule is CC/C=C\C/C=C\C/C=C\CCCCCCCCCC(=O)OC(COC(=O)CCCCCCCCCCCCCCCCCCCCCCCCCC)COP(=O)(O)OCC. The lowest BCUT2D eigenvalue weighted by atomic mass is 10.0. The zero-order chi connectivity index (χ0) is 44.6. The first-order valence-corrected chi connectivity index (χ1v) is 27.3. The van der Waals surface area contributed by atoms with Crippen molar-refractivity contribution in [3.63, 3.8) is 0 Å². The van der Waals surface area contributed by atoms with Crippen LogP contribution in [0.3, 0.4) is 0 Å². The molecule has 2 unspecified atom stereocenters. The van der Waals surface area contributed by atoms with Crippen LogP contribution in [0.25, 0.3) is 0 Å². The van der Waals surface area contributed by atoms with Crippen LogP contribution in [0, 0.1) is 0 Å². The molecular formula is C52H97O8P. The number of carbonyl (C=O) groups excluding carboxylic acids is 2. The number of hydrogen-bond acceptors (Lipinski definition) is 7. The quantitative estimate of drug-likeness (QED) is 0.0279. The van der Waals surface area contributed by atoms with E-state index in [2.05, 4.69) is 50.3 Å². The fourth-order valence-electron chi connectivity index (χ4n) is 7.47. The molecule has 0 aromatic rings. The van der Waals surface area contributed by atoms with E-state index in [0.29, 0.717) is 12.8 Å². The first-order chi connectivity index (χ1) is 29.8. The summed E-state index contributed by atoms with van der Waals surface area (Å²) in [5.74, 6) is -0.797. The minimum atomic E-state index is -4.29. The molecule has 0 aliphatic carbocycles. The summed E-state index contributed by atoms with van der Waals surface area (Å²) in [5.41, 5.74) is 0. The van der Waals surface area contributed by atoms with Gasteiger partial charge >= 0.3 is 19.8 Å². The van der Waals surface area contributed by atoms with Crippen LogP contribution in [-0.2, 0) is 32.7 Å². The molecular weight excluding hydrogens is 784 g/mol. The summed E-state index contributed by atoms with van der Waals surface area (Å²) >= 11 is 0. The van der Waals surface area contributed by atoms with Gasteiger partial charge in [-0.2, -0.15) is 0 Å². The Morgan fingerprint density at radius 2 is 0.836 bits per heavy atom. The highest BCUT2D eigenvalue weighted by atomic mass is 31.2. The minimum Gasteiger partial charge on any atom is -0.462 e. The van der Waals surface area contributed by atoms with E-state index < -0.39 is 26.5 Å². The second-order valence-corrected chi connectivity index (χ2v) is 18.6. The highest BCUT2D eigenvalue weighted by molar-refractivity contribution is 7.47. The number of carbonyl (C=O) groups is 2. The Kier molecular flexibility index (Phi) is 46.4. The van der Waals surface area contributed by atoms with Crippen molar-refractivity contribution in [2.45, 2.75) is 264 Å². The minimum absolute atomic E-state index is 0.000696. The van der Waals surface area contributed by atoms with E-state index in [-0.39, 0.29) is 25.6 Å². The second kappa shape index (κ2) is 47.7. The van der Waals surface area contributed by atoms with Crippen LogP contribution in [0.1, 0.15) is 258 Å². The van der Waals surface area contributed by atoms with Gasteiger partial charge in [0.1, 0.15) is 6.61 Å².